The van der Waals surface area contributed by atoms with Crippen LogP contribution in [0.15, 0.2) is 53.9 Å². The largest absolute Gasteiger partial charge is 0.497 e. The molecule has 1 aromatic heterocycles. The fraction of sp³-hybridized carbons (Fsp3) is 0.0588. The number of methoxy groups -OCH3 is 1. The lowest BCUT2D eigenvalue weighted by atomic mass is 10.1. The van der Waals surface area contributed by atoms with E-state index >= 15 is 0 Å². The predicted molar refractivity (Wildman–Crippen MR) is 84.3 cm³/mol. The molecule has 3 nitrogen and oxygen atoms in total. The van der Waals surface area contributed by atoms with E-state index in [4.69, 9.17) is 10.00 Å². The number of aromatic nitrogens is 1. The molecule has 0 spiro atoms. The number of nitriles is 1. The van der Waals surface area contributed by atoms with Crippen LogP contribution >= 0.6 is 11.3 Å². The lowest BCUT2D eigenvalue weighted by Gasteiger charge is -2.00. The molecular weight excluding hydrogens is 280 g/mol. The first-order valence-electron chi connectivity index (χ1n) is 6.40. The van der Waals surface area contributed by atoms with Crippen LogP contribution in [0.4, 0.5) is 0 Å². The average Bonchev–Trinajstić information content (AvgIpc) is 3.05. The van der Waals surface area contributed by atoms with Crippen LogP contribution in [0.1, 0.15) is 5.56 Å². The Labute approximate surface area is 127 Å². The van der Waals surface area contributed by atoms with Crippen LogP contribution in [0, 0.1) is 11.3 Å². The first kappa shape index (κ1) is 13.3. The summed E-state index contributed by atoms with van der Waals surface area (Å²) in [5, 5.41) is 11.9. The highest BCUT2D eigenvalue weighted by Crippen LogP contribution is 2.30. The number of ether oxygens (including phenoxy) is 1. The molecule has 0 amide bonds. The number of nitrogens with zero attached hydrogens (tertiary/aromatic N) is 2. The Balaban J connectivity index is 1.93. The van der Waals surface area contributed by atoms with E-state index in [1.54, 1.807) is 24.5 Å². The van der Waals surface area contributed by atoms with Crippen molar-refractivity contribution in [3.63, 3.8) is 0 Å². The summed E-state index contributed by atoms with van der Waals surface area (Å²) in [6.07, 6.45) is 0. The third-order valence-corrected chi connectivity index (χ3v) is 4.02. The van der Waals surface area contributed by atoms with Crippen molar-refractivity contribution in [3.8, 4) is 33.6 Å². The first-order valence-corrected chi connectivity index (χ1v) is 7.28. The van der Waals surface area contributed by atoms with Crippen LogP contribution in [-0.2, 0) is 0 Å². The molecule has 1 heterocycles. The Morgan fingerprint density at radius 3 is 2.62 bits per heavy atom. The summed E-state index contributed by atoms with van der Waals surface area (Å²) in [5.74, 6) is 0.831. The zero-order valence-corrected chi connectivity index (χ0v) is 12.2. The van der Waals surface area contributed by atoms with Crippen molar-refractivity contribution < 1.29 is 4.74 Å². The number of benzene rings is 2. The molecule has 4 heteroatoms. The Hall–Kier alpha value is -2.64. The highest BCUT2D eigenvalue weighted by atomic mass is 32.1. The molecule has 0 saturated carbocycles. The van der Waals surface area contributed by atoms with E-state index in [2.05, 4.69) is 11.1 Å². The summed E-state index contributed by atoms with van der Waals surface area (Å²) < 4.78 is 5.16. The molecule has 0 atom stereocenters. The van der Waals surface area contributed by atoms with Crippen LogP contribution in [-0.4, -0.2) is 12.1 Å². The standard InChI is InChI=1S/C17H12N2OS/c1-20-15-7-5-13(6-8-15)17-19-16(11-21-17)14-4-2-3-12(9-14)10-18/h2-9,11H,1H3. The van der Waals surface area contributed by atoms with Gasteiger partial charge in [0.05, 0.1) is 24.4 Å². The molecule has 0 radical (unpaired) electrons. The average molecular weight is 292 g/mol. The topological polar surface area (TPSA) is 45.9 Å². The molecule has 0 N–H and O–H groups in total. The highest BCUT2D eigenvalue weighted by molar-refractivity contribution is 7.13. The van der Waals surface area contributed by atoms with E-state index in [1.807, 2.05) is 47.8 Å². The summed E-state index contributed by atoms with van der Waals surface area (Å²) in [6.45, 7) is 0. The second-order valence-electron chi connectivity index (χ2n) is 4.46. The third-order valence-electron chi connectivity index (χ3n) is 3.13. The molecule has 3 aromatic rings. The van der Waals surface area contributed by atoms with Gasteiger partial charge in [0, 0.05) is 16.5 Å². The van der Waals surface area contributed by atoms with E-state index in [1.165, 1.54) is 0 Å². The van der Waals surface area contributed by atoms with Gasteiger partial charge in [-0.2, -0.15) is 5.26 Å². The summed E-state index contributed by atoms with van der Waals surface area (Å²) in [5.41, 5.74) is 3.56. The molecule has 102 valence electrons. The molecule has 2 aromatic carbocycles. The second-order valence-corrected chi connectivity index (χ2v) is 5.32. The van der Waals surface area contributed by atoms with Crippen molar-refractivity contribution in [1.82, 2.24) is 4.98 Å². The maximum atomic E-state index is 8.96. The molecule has 0 aliphatic carbocycles. The van der Waals surface area contributed by atoms with Gasteiger partial charge in [0.25, 0.3) is 0 Å². The minimum absolute atomic E-state index is 0.645. The van der Waals surface area contributed by atoms with Gasteiger partial charge < -0.3 is 4.74 Å². The normalized spacial score (nSPS) is 10.1. The number of hydrogen-bond acceptors (Lipinski definition) is 4. The monoisotopic (exact) mass is 292 g/mol. The fourth-order valence-electron chi connectivity index (χ4n) is 2.02. The predicted octanol–water partition coefficient (Wildman–Crippen LogP) is 4.36. The van der Waals surface area contributed by atoms with Crippen LogP contribution < -0.4 is 4.74 Å². The maximum Gasteiger partial charge on any atom is 0.124 e. The maximum absolute atomic E-state index is 8.96. The lowest BCUT2D eigenvalue weighted by Crippen LogP contribution is -1.83. The minimum Gasteiger partial charge on any atom is -0.497 e. The minimum atomic E-state index is 0.645. The quantitative estimate of drug-likeness (QED) is 0.720. The van der Waals surface area contributed by atoms with Crippen molar-refractivity contribution in [1.29, 1.82) is 5.26 Å². The van der Waals surface area contributed by atoms with Gasteiger partial charge in [0.15, 0.2) is 0 Å². The van der Waals surface area contributed by atoms with Crippen LogP contribution in [0.2, 0.25) is 0 Å². The zero-order chi connectivity index (χ0) is 14.7. The molecule has 0 bridgehead atoms. The van der Waals surface area contributed by atoms with Crippen molar-refractivity contribution in [2.75, 3.05) is 7.11 Å². The van der Waals surface area contributed by atoms with E-state index in [9.17, 15) is 0 Å². The lowest BCUT2D eigenvalue weighted by molar-refractivity contribution is 0.415. The molecule has 0 fully saturated rings. The molecule has 0 unspecified atom stereocenters. The van der Waals surface area contributed by atoms with Crippen molar-refractivity contribution in [2.45, 2.75) is 0 Å². The van der Waals surface area contributed by atoms with Crippen molar-refractivity contribution in [2.24, 2.45) is 0 Å². The molecule has 0 aliphatic heterocycles. The van der Waals surface area contributed by atoms with Gasteiger partial charge >= 0.3 is 0 Å². The van der Waals surface area contributed by atoms with Gasteiger partial charge in [-0.15, -0.1) is 11.3 Å². The summed E-state index contributed by atoms with van der Waals surface area (Å²) in [4.78, 5) is 4.65. The fourth-order valence-corrected chi connectivity index (χ4v) is 2.86. The Morgan fingerprint density at radius 1 is 1.10 bits per heavy atom. The molecule has 21 heavy (non-hydrogen) atoms. The first-order chi connectivity index (χ1) is 10.3. The van der Waals surface area contributed by atoms with Crippen LogP contribution in [0.5, 0.6) is 5.75 Å². The van der Waals surface area contributed by atoms with Crippen molar-refractivity contribution in [3.05, 3.63) is 59.5 Å². The highest BCUT2D eigenvalue weighted by Gasteiger charge is 2.07. The second kappa shape index (κ2) is 5.78. The molecular formula is C17H12N2OS. The van der Waals surface area contributed by atoms with Crippen LogP contribution in [0.3, 0.4) is 0 Å². The zero-order valence-electron chi connectivity index (χ0n) is 11.4. The SMILES string of the molecule is COc1ccc(-c2nc(-c3cccc(C#N)c3)cs2)cc1. The Morgan fingerprint density at radius 2 is 1.90 bits per heavy atom. The smallest absolute Gasteiger partial charge is 0.124 e. The molecule has 0 saturated heterocycles. The number of rotatable bonds is 3. The Kier molecular flexibility index (Phi) is 3.67. The van der Waals surface area contributed by atoms with Gasteiger partial charge in [0.1, 0.15) is 10.8 Å². The van der Waals surface area contributed by atoms with E-state index < -0.39 is 0 Å². The van der Waals surface area contributed by atoms with Crippen LogP contribution in [0.25, 0.3) is 21.8 Å². The van der Waals surface area contributed by atoms with Gasteiger partial charge in [-0.1, -0.05) is 12.1 Å². The van der Waals surface area contributed by atoms with Gasteiger partial charge in [0.2, 0.25) is 0 Å². The molecule has 3 rings (SSSR count). The number of thiazole rings is 1. The van der Waals surface area contributed by atoms with E-state index in [0.29, 0.717) is 5.56 Å². The van der Waals surface area contributed by atoms with Gasteiger partial charge in [-0.05, 0) is 36.4 Å². The van der Waals surface area contributed by atoms with Gasteiger partial charge in [-0.3, -0.25) is 0 Å². The summed E-state index contributed by atoms with van der Waals surface area (Å²) >= 11 is 1.59. The van der Waals surface area contributed by atoms with E-state index in [-0.39, 0.29) is 0 Å². The summed E-state index contributed by atoms with van der Waals surface area (Å²) in [6, 6.07) is 17.5. The Bertz CT molecular complexity index is 800. The van der Waals surface area contributed by atoms with Crippen molar-refractivity contribution >= 4 is 11.3 Å². The number of hydrogen-bond donors (Lipinski definition) is 0. The molecule has 0 aliphatic rings. The van der Waals surface area contributed by atoms with E-state index in [0.717, 1.165) is 27.6 Å². The third kappa shape index (κ3) is 2.78. The van der Waals surface area contributed by atoms with Gasteiger partial charge in [-0.25, -0.2) is 4.98 Å². The summed E-state index contributed by atoms with van der Waals surface area (Å²) in [7, 11) is 1.65.